The molecule has 20 heavy (non-hydrogen) atoms. The Balaban J connectivity index is 2.13. The zero-order chi connectivity index (χ0) is 14.7. The van der Waals surface area contributed by atoms with Gasteiger partial charge in [0, 0.05) is 10.0 Å². The Morgan fingerprint density at radius 1 is 1.20 bits per heavy atom. The molecule has 0 saturated carbocycles. The van der Waals surface area contributed by atoms with Crippen molar-refractivity contribution in [2.75, 3.05) is 0 Å². The normalized spacial score (nSPS) is 10.3. The Labute approximate surface area is 121 Å². The van der Waals surface area contributed by atoms with E-state index in [0.29, 0.717) is 10.0 Å². The number of benzene rings is 2. The van der Waals surface area contributed by atoms with Crippen LogP contribution in [0.5, 0.6) is 5.75 Å². The smallest absolute Gasteiger partial charge is 0.335 e. The summed E-state index contributed by atoms with van der Waals surface area (Å²) < 4.78 is 32.3. The summed E-state index contributed by atoms with van der Waals surface area (Å²) in [6, 6.07) is 7.45. The van der Waals surface area contributed by atoms with Crippen LogP contribution in [-0.4, -0.2) is 11.1 Å². The number of rotatable bonds is 4. The maximum Gasteiger partial charge on any atom is 0.335 e. The second-order valence-electron chi connectivity index (χ2n) is 3.97. The highest BCUT2D eigenvalue weighted by atomic mass is 79.9. The van der Waals surface area contributed by atoms with E-state index in [1.54, 1.807) is 0 Å². The molecule has 0 unspecified atom stereocenters. The molecular weight excluding hydrogens is 334 g/mol. The SMILES string of the molecule is O=C(O)c1ccc(OCc2ccc(F)cc2Br)c(F)c1. The minimum Gasteiger partial charge on any atom is -0.486 e. The number of carboxylic acid groups (broad SMARTS) is 1. The molecule has 2 rings (SSSR count). The minimum atomic E-state index is -1.21. The van der Waals surface area contributed by atoms with Crippen molar-refractivity contribution in [1.29, 1.82) is 0 Å². The lowest BCUT2D eigenvalue weighted by atomic mass is 10.2. The first-order valence-corrected chi connectivity index (χ1v) is 6.36. The number of carboxylic acids is 1. The van der Waals surface area contributed by atoms with Crippen molar-refractivity contribution in [2.24, 2.45) is 0 Å². The summed E-state index contributed by atoms with van der Waals surface area (Å²) in [5.41, 5.74) is 0.492. The third-order valence-corrected chi connectivity index (χ3v) is 3.32. The van der Waals surface area contributed by atoms with E-state index in [4.69, 9.17) is 9.84 Å². The quantitative estimate of drug-likeness (QED) is 0.913. The van der Waals surface area contributed by atoms with Gasteiger partial charge in [-0.2, -0.15) is 0 Å². The van der Waals surface area contributed by atoms with Gasteiger partial charge in [0.05, 0.1) is 5.56 Å². The fraction of sp³-hybridized carbons (Fsp3) is 0.0714. The number of ether oxygens (including phenoxy) is 1. The minimum absolute atomic E-state index is 0.0319. The summed E-state index contributed by atoms with van der Waals surface area (Å²) in [6.45, 7) is 0.0319. The molecule has 104 valence electrons. The van der Waals surface area contributed by atoms with E-state index in [1.807, 2.05) is 0 Å². The van der Waals surface area contributed by atoms with E-state index in [1.165, 1.54) is 30.3 Å². The van der Waals surface area contributed by atoms with Crippen LogP contribution >= 0.6 is 15.9 Å². The Hall–Kier alpha value is -1.95. The number of carbonyl (C=O) groups is 1. The largest absolute Gasteiger partial charge is 0.486 e. The average molecular weight is 343 g/mol. The molecule has 0 aromatic heterocycles. The van der Waals surface area contributed by atoms with Gasteiger partial charge in [0.2, 0.25) is 0 Å². The zero-order valence-electron chi connectivity index (χ0n) is 10.1. The Kier molecular flexibility index (Phi) is 4.34. The predicted octanol–water partition coefficient (Wildman–Crippen LogP) is 4.00. The van der Waals surface area contributed by atoms with Crippen molar-refractivity contribution in [3.8, 4) is 5.75 Å². The van der Waals surface area contributed by atoms with Crippen LogP contribution in [0.25, 0.3) is 0 Å². The fourth-order valence-corrected chi connectivity index (χ4v) is 2.01. The third-order valence-electron chi connectivity index (χ3n) is 2.58. The van der Waals surface area contributed by atoms with Gasteiger partial charge in [-0.3, -0.25) is 0 Å². The molecule has 0 heterocycles. The van der Waals surface area contributed by atoms with E-state index >= 15 is 0 Å². The molecule has 0 atom stereocenters. The Bertz CT molecular complexity index is 659. The summed E-state index contributed by atoms with van der Waals surface area (Å²) >= 11 is 3.18. The van der Waals surface area contributed by atoms with Gasteiger partial charge in [0.1, 0.15) is 12.4 Å². The summed E-state index contributed by atoms with van der Waals surface area (Å²) in [7, 11) is 0. The monoisotopic (exact) mass is 342 g/mol. The Morgan fingerprint density at radius 3 is 2.55 bits per heavy atom. The van der Waals surface area contributed by atoms with Crippen LogP contribution in [0, 0.1) is 11.6 Å². The number of halogens is 3. The molecule has 0 fully saturated rings. The third kappa shape index (κ3) is 3.33. The highest BCUT2D eigenvalue weighted by Crippen LogP contribution is 2.23. The van der Waals surface area contributed by atoms with Crippen LogP contribution in [0.2, 0.25) is 0 Å². The van der Waals surface area contributed by atoms with E-state index < -0.39 is 17.6 Å². The molecule has 0 aliphatic heterocycles. The first-order valence-electron chi connectivity index (χ1n) is 5.57. The second-order valence-corrected chi connectivity index (χ2v) is 4.83. The van der Waals surface area contributed by atoms with Crippen LogP contribution < -0.4 is 4.74 Å². The highest BCUT2D eigenvalue weighted by molar-refractivity contribution is 9.10. The van der Waals surface area contributed by atoms with Crippen molar-refractivity contribution in [2.45, 2.75) is 6.61 Å². The molecule has 0 aliphatic rings. The van der Waals surface area contributed by atoms with E-state index in [0.717, 1.165) is 6.07 Å². The van der Waals surface area contributed by atoms with Crippen LogP contribution in [0.15, 0.2) is 40.9 Å². The topological polar surface area (TPSA) is 46.5 Å². The summed E-state index contributed by atoms with van der Waals surface area (Å²) in [5.74, 6) is -2.43. The molecule has 2 aromatic rings. The summed E-state index contributed by atoms with van der Waals surface area (Å²) in [6.07, 6.45) is 0. The standard InChI is InChI=1S/C14H9BrF2O3/c15-11-6-10(16)3-1-9(11)7-20-13-4-2-8(14(18)19)5-12(13)17/h1-6H,7H2,(H,18,19). The summed E-state index contributed by atoms with van der Waals surface area (Å²) in [4.78, 5) is 10.7. The van der Waals surface area contributed by atoms with Crippen molar-refractivity contribution in [1.82, 2.24) is 0 Å². The average Bonchev–Trinajstić information content (AvgIpc) is 2.38. The highest BCUT2D eigenvalue weighted by Gasteiger charge is 2.10. The predicted molar refractivity (Wildman–Crippen MR) is 71.8 cm³/mol. The van der Waals surface area contributed by atoms with Gasteiger partial charge >= 0.3 is 5.97 Å². The van der Waals surface area contributed by atoms with Gasteiger partial charge in [-0.15, -0.1) is 0 Å². The molecular formula is C14H9BrF2O3. The van der Waals surface area contributed by atoms with Gasteiger partial charge in [-0.05, 0) is 30.3 Å². The first kappa shape index (κ1) is 14.5. The molecule has 1 N–H and O–H groups in total. The fourth-order valence-electron chi connectivity index (χ4n) is 1.55. The van der Waals surface area contributed by atoms with Crippen LogP contribution in [0.4, 0.5) is 8.78 Å². The zero-order valence-corrected chi connectivity index (χ0v) is 11.7. The lowest BCUT2D eigenvalue weighted by Gasteiger charge is -2.09. The molecule has 0 spiro atoms. The van der Waals surface area contributed by atoms with Crippen molar-refractivity contribution < 1.29 is 23.4 Å². The molecule has 0 saturated heterocycles. The van der Waals surface area contributed by atoms with Crippen molar-refractivity contribution >= 4 is 21.9 Å². The van der Waals surface area contributed by atoms with Crippen LogP contribution in [-0.2, 0) is 6.61 Å². The lowest BCUT2D eigenvalue weighted by Crippen LogP contribution is -2.01. The number of hydrogen-bond donors (Lipinski definition) is 1. The van der Waals surface area contributed by atoms with E-state index in [9.17, 15) is 13.6 Å². The van der Waals surface area contributed by atoms with Gasteiger partial charge in [0.25, 0.3) is 0 Å². The van der Waals surface area contributed by atoms with E-state index in [2.05, 4.69) is 15.9 Å². The molecule has 0 radical (unpaired) electrons. The molecule has 6 heteroatoms. The van der Waals surface area contributed by atoms with Crippen molar-refractivity contribution in [3.05, 3.63) is 63.6 Å². The van der Waals surface area contributed by atoms with Crippen LogP contribution in [0.1, 0.15) is 15.9 Å². The lowest BCUT2D eigenvalue weighted by molar-refractivity contribution is 0.0696. The van der Waals surface area contributed by atoms with E-state index in [-0.39, 0.29) is 17.9 Å². The van der Waals surface area contributed by atoms with Gasteiger partial charge in [-0.1, -0.05) is 22.0 Å². The van der Waals surface area contributed by atoms with Crippen molar-refractivity contribution in [3.63, 3.8) is 0 Å². The molecule has 0 aliphatic carbocycles. The van der Waals surface area contributed by atoms with Gasteiger partial charge in [-0.25, -0.2) is 13.6 Å². The molecule has 3 nitrogen and oxygen atoms in total. The molecule has 2 aromatic carbocycles. The second kappa shape index (κ2) is 6.00. The summed E-state index contributed by atoms with van der Waals surface area (Å²) in [5, 5.41) is 8.72. The van der Waals surface area contributed by atoms with Gasteiger partial charge in [0.15, 0.2) is 11.6 Å². The molecule has 0 bridgehead atoms. The Morgan fingerprint density at radius 2 is 1.95 bits per heavy atom. The first-order chi connectivity index (χ1) is 9.47. The number of hydrogen-bond acceptors (Lipinski definition) is 2. The molecule has 0 amide bonds. The maximum absolute atomic E-state index is 13.6. The maximum atomic E-state index is 13.6. The van der Waals surface area contributed by atoms with Gasteiger partial charge < -0.3 is 9.84 Å². The van der Waals surface area contributed by atoms with Crippen LogP contribution in [0.3, 0.4) is 0 Å². The number of aromatic carboxylic acids is 1.